The summed E-state index contributed by atoms with van der Waals surface area (Å²) in [6.07, 6.45) is 3.83. The average Bonchev–Trinajstić information content (AvgIpc) is 3.32. The van der Waals surface area contributed by atoms with Gasteiger partial charge in [-0.1, -0.05) is 32.0 Å². The second-order valence-electron chi connectivity index (χ2n) is 9.37. The van der Waals surface area contributed by atoms with E-state index in [1.165, 1.54) is 5.52 Å². The van der Waals surface area contributed by atoms with Crippen molar-refractivity contribution >= 4 is 28.4 Å². The fraction of sp³-hybridized carbons (Fsp3) is 0.448. The van der Waals surface area contributed by atoms with Gasteiger partial charge in [-0.15, -0.1) is 0 Å². The molecule has 1 aliphatic rings. The van der Waals surface area contributed by atoms with Crippen LogP contribution >= 0.6 is 0 Å². The molecule has 0 spiro atoms. The van der Waals surface area contributed by atoms with E-state index in [2.05, 4.69) is 47.0 Å². The van der Waals surface area contributed by atoms with Crippen LogP contribution in [0.1, 0.15) is 33.1 Å². The maximum atomic E-state index is 12.9. The first-order chi connectivity index (χ1) is 17.6. The number of benzene rings is 2. The predicted octanol–water partition coefficient (Wildman–Crippen LogP) is 4.63. The SMILES string of the molecule is CCN(CC)CCn1ccc2cc(NC(=O)C3CCN(C(=O)CCOc4ccccc4)CC3)ccc21. The Morgan fingerprint density at radius 3 is 2.50 bits per heavy atom. The Bertz CT molecular complexity index is 1130. The molecule has 3 aromatic rings. The molecule has 0 bridgehead atoms. The molecule has 2 aromatic carbocycles. The number of nitrogens with zero attached hydrogens (tertiary/aromatic N) is 3. The van der Waals surface area contributed by atoms with Gasteiger partial charge in [0.25, 0.3) is 0 Å². The summed E-state index contributed by atoms with van der Waals surface area (Å²) in [5.74, 6) is 0.814. The van der Waals surface area contributed by atoms with Crippen molar-refractivity contribution < 1.29 is 14.3 Å². The molecule has 4 rings (SSSR count). The standard InChI is InChI=1S/C29H38N4O3/c1-3-31(4-2)19-20-32-16-14-24-22-25(10-11-27(24)32)30-29(35)23-12-17-33(18-13-23)28(34)15-21-36-26-8-6-5-7-9-26/h5-11,14,16,22-23H,3-4,12-13,15,17-21H2,1-2H3,(H,30,35). The minimum Gasteiger partial charge on any atom is -0.493 e. The molecule has 0 atom stereocenters. The maximum Gasteiger partial charge on any atom is 0.227 e. The largest absolute Gasteiger partial charge is 0.493 e. The van der Waals surface area contributed by atoms with Crippen molar-refractivity contribution in [2.45, 2.75) is 39.7 Å². The number of nitrogens with one attached hydrogen (secondary N) is 1. The normalized spacial score (nSPS) is 14.4. The molecule has 7 nitrogen and oxygen atoms in total. The Morgan fingerprint density at radius 2 is 1.78 bits per heavy atom. The second kappa shape index (κ2) is 12.6. The van der Waals surface area contributed by atoms with Gasteiger partial charge in [0.1, 0.15) is 5.75 Å². The predicted molar refractivity (Wildman–Crippen MR) is 144 cm³/mol. The first kappa shape index (κ1) is 25.8. The quantitative estimate of drug-likeness (QED) is 0.426. The summed E-state index contributed by atoms with van der Waals surface area (Å²) < 4.78 is 7.92. The third-order valence-corrected chi connectivity index (χ3v) is 7.14. The summed E-state index contributed by atoms with van der Waals surface area (Å²) >= 11 is 0. The molecule has 2 amide bonds. The van der Waals surface area contributed by atoms with E-state index in [1.54, 1.807) is 0 Å². The van der Waals surface area contributed by atoms with E-state index in [0.717, 1.165) is 43.0 Å². The van der Waals surface area contributed by atoms with E-state index in [0.29, 0.717) is 39.0 Å². The zero-order valence-electron chi connectivity index (χ0n) is 21.5. The molecule has 1 fully saturated rings. The van der Waals surface area contributed by atoms with Crippen LogP contribution in [-0.4, -0.2) is 65.5 Å². The van der Waals surface area contributed by atoms with Gasteiger partial charge in [-0.25, -0.2) is 0 Å². The van der Waals surface area contributed by atoms with Crippen molar-refractivity contribution in [2.24, 2.45) is 5.92 Å². The third kappa shape index (κ3) is 6.66. The average molecular weight is 491 g/mol. The topological polar surface area (TPSA) is 66.8 Å². The monoisotopic (exact) mass is 490 g/mol. The number of likely N-dealkylation sites (N-methyl/N-ethyl adjacent to an activating group) is 1. The molecule has 1 N–H and O–H groups in total. The number of para-hydroxylation sites is 1. The zero-order valence-corrected chi connectivity index (χ0v) is 21.5. The number of fused-ring (bicyclic) bond motifs is 1. The number of hydrogen-bond donors (Lipinski definition) is 1. The highest BCUT2D eigenvalue weighted by Gasteiger charge is 2.27. The summed E-state index contributed by atoms with van der Waals surface area (Å²) in [6.45, 7) is 10.1. The van der Waals surface area contributed by atoms with Crippen molar-refractivity contribution in [3.05, 3.63) is 60.8 Å². The number of likely N-dealkylation sites (tertiary alicyclic amines) is 1. The molecule has 0 saturated carbocycles. The highest BCUT2D eigenvalue weighted by atomic mass is 16.5. The molecule has 1 saturated heterocycles. The Morgan fingerprint density at radius 1 is 1.03 bits per heavy atom. The third-order valence-electron chi connectivity index (χ3n) is 7.14. The fourth-order valence-corrected chi connectivity index (χ4v) is 4.83. The number of carbonyl (C=O) groups is 2. The molecular weight excluding hydrogens is 452 g/mol. The van der Waals surface area contributed by atoms with E-state index in [1.807, 2.05) is 47.4 Å². The molecule has 7 heteroatoms. The maximum absolute atomic E-state index is 12.9. The lowest BCUT2D eigenvalue weighted by Crippen LogP contribution is -2.41. The van der Waals surface area contributed by atoms with Gasteiger partial charge in [0.2, 0.25) is 11.8 Å². The molecule has 1 aliphatic heterocycles. The Labute approximate surface area is 214 Å². The molecule has 36 heavy (non-hydrogen) atoms. The molecule has 2 heterocycles. The van der Waals surface area contributed by atoms with Crippen LogP contribution in [-0.2, 0) is 16.1 Å². The molecule has 0 aliphatic carbocycles. The Hall–Kier alpha value is -3.32. The Balaban J connectivity index is 1.23. The van der Waals surface area contributed by atoms with Gasteiger partial charge in [0.05, 0.1) is 13.0 Å². The van der Waals surface area contributed by atoms with Gasteiger partial charge in [-0.05, 0) is 62.3 Å². The second-order valence-corrected chi connectivity index (χ2v) is 9.37. The van der Waals surface area contributed by atoms with Gasteiger partial charge in [-0.2, -0.15) is 0 Å². The molecule has 0 unspecified atom stereocenters. The molecule has 1 aromatic heterocycles. The number of piperidine rings is 1. The van der Waals surface area contributed by atoms with Crippen LogP contribution in [0.4, 0.5) is 5.69 Å². The number of aromatic nitrogens is 1. The van der Waals surface area contributed by atoms with Crippen LogP contribution in [0, 0.1) is 5.92 Å². The highest BCUT2D eigenvalue weighted by Crippen LogP contribution is 2.24. The lowest BCUT2D eigenvalue weighted by Gasteiger charge is -2.31. The van der Waals surface area contributed by atoms with Crippen LogP contribution in [0.25, 0.3) is 10.9 Å². The molecular formula is C29H38N4O3. The van der Waals surface area contributed by atoms with Crippen LogP contribution in [0.3, 0.4) is 0 Å². The van der Waals surface area contributed by atoms with Gasteiger partial charge in [-0.3, -0.25) is 9.59 Å². The van der Waals surface area contributed by atoms with Crippen LogP contribution in [0.2, 0.25) is 0 Å². The van der Waals surface area contributed by atoms with E-state index < -0.39 is 0 Å². The van der Waals surface area contributed by atoms with E-state index in [9.17, 15) is 9.59 Å². The summed E-state index contributed by atoms with van der Waals surface area (Å²) in [5, 5.41) is 4.23. The van der Waals surface area contributed by atoms with Gasteiger partial charge >= 0.3 is 0 Å². The lowest BCUT2D eigenvalue weighted by atomic mass is 9.95. The van der Waals surface area contributed by atoms with E-state index in [-0.39, 0.29) is 17.7 Å². The van der Waals surface area contributed by atoms with Crippen molar-refractivity contribution in [3.63, 3.8) is 0 Å². The van der Waals surface area contributed by atoms with Crippen LogP contribution in [0.5, 0.6) is 5.75 Å². The number of hydrogen-bond acceptors (Lipinski definition) is 4. The van der Waals surface area contributed by atoms with Gasteiger partial charge < -0.3 is 24.4 Å². The smallest absolute Gasteiger partial charge is 0.227 e. The Kier molecular flexibility index (Phi) is 9.01. The number of amides is 2. The molecule has 192 valence electrons. The highest BCUT2D eigenvalue weighted by molar-refractivity contribution is 5.95. The first-order valence-corrected chi connectivity index (χ1v) is 13.1. The summed E-state index contributed by atoms with van der Waals surface area (Å²) in [7, 11) is 0. The number of ether oxygens (including phenoxy) is 1. The number of anilines is 1. The number of carbonyl (C=O) groups excluding carboxylic acids is 2. The minimum atomic E-state index is -0.0796. The van der Waals surface area contributed by atoms with Crippen molar-refractivity contribution in [3.8, 4) is 5.75 Å². The fourth-order valence-electron chi connectivity index (χ4n) is 4.83. The minimum absolute atomic E-state index is 0.0369. The summed E-state index contributed by atoms with van der Waals surface area (Å²) in [5.41, 5.74) is 2.01. The van der Waals surface area contributed by atoms with Crippen LogP contribution in [0.15, 0.2) is 60.8 Å². The van der Waals surface area contributed by atoms with Crippen molar-refractivity contribution in [2.75, 3.05) is 44.6 Å². The van der Waals surface area contributed by atoms with E-state index in [4.69, 9.17) is 4.74 Å². The molecule has 0 radical (unpaired) electrons. The van der Waals surface area contributed by atoms with E-state index >= 15 is 0 Å². The summed E-state index contributed by atoms with van der Waals surface area (Å²) in [6, 6.07) is 17.8. The van der Waals surface area contributed by atoms with Gasteiger partial charge in [0, 0.05) is 54.9 Å². The summed E-state index contributed by atoms with van der Waals surface area (Å²) in [4.78, 5) is 29.7. The first-order valence-electron chi connectivity index (χ1n) is 13.1. The van der Waals surface area contributed by atoms with Crippen molar-refractivity contribution in [1.29, 1.82) is 0 Å². The number of rotatable bonds is 11. The van der Waals surface area contributed by atoms with Crippen LogP contribution < -0.4 is 10.1 Å². The zero-order chi connectivity index (χ0) is 25.3. The van der Waals surface area contributed by atoms with Crippen molar-refractivity contribution in [1.82, 2.24) is 14.4 Å². The lowest BCUT2D eigenvalue weighted by molar-refractivity contribution is -0.135. The van der Waals surface area contributed by atoms with Gasteiger partial charge in [0.15, 0.2) is 0 Å².